The number of benzene rings is 3. The Morgan fingerprint density at radius 2 is 1.04 bits per heavy atom. The lowest BCUT2D eigenvalue weighted by molar-refractivity contribution is 0.459. The molecule has 2 heterocycles. The van der Waals surface area contributed by atoms with Crippen LogP contribution in [0, 0.1) is 0 Å². The van der Waals surface area contributed by atoms with E-state index in [0.29, 0.717) is 6.32 Å². The average molecular weight is 342 g/mol. The van der Waals surface area contributed by atoms with Crippen LogP contribution in [0.3, 0.4) is 0 Å². The first kappa shape index (κ1) is 15.3. The lowest BCUT2D eigenvalue weighted by Gasteiger charge is -2.19. The maximum absolute atomic E-state index is 6.08. The van der Waals surface area contributed by atoms with Gasteiger partial charge in [-0.15, -0.1) is 0 Å². The summed E-state index contributed by atoms with van der Waals surface area (Å²) in [5.41, 5.74) is 1.13. The molecule has 0 radical (unpaired) electrons. The minimum Gasteiger partial charge on any atom is -0.523 e. The normalized spacial score (nSPS) is 15.2. The minimum atomic E-state index is -0.411. The molecule has 0 saturated carbocycles. The van der Waals surface area contributed by atoms with Crippen molar-refractivity contribution in [3.63, 3.8) is 0 Å². The van der Waals surface area contributed by atoms with Crippen LogP contribution in [0.25, 0.3) is 0 Å². The van der Waals surface area contributed by atoms with E-state index in [9.17, 15) is 0 Å². The Morgan fingerprint density at radius 1 is 0.577 bits per heavy atom. The van der Waals surface area contributed by atoms with Crippen molar-refractivity contribution >= 4 is 14.2 Å². The van der Waals surface area contributed by atoms with Crippen LogP contribution in [0.1, 0.15) is 11.4 Å². The highest BCUT2D eigenvalue weighted by Crippen LogP contribution is 2.40. The zero-order valence-corrected chi connectivity index (χ0v) is 14.1. The lowest BCUT2D eigenvalue weighted by atomic mass is 9.58. The summed E-state index contributed by atoms with van der Waals surface area (Å²) >= 11 is 0. The molecule has 3 aromatic rings. The Hall–Kier alpha value is -3.01. The molecule has 0 spiro atoms. The molecular formula is C20H16B2O4. The number of fused-ring (bicyclic) bond motifs is 2. The van der Waals surface area contributed by atoms with E-state index in [0.717, 1.165) is 28.6 Å². The minimum absolute atomic E-state index is 0.0251. The maximum atomic E-state index is 6.08. The summed E-state index contributed by atoms with van der Waals surface area (Å²) in [5.74, 6) is 3.08. The maximum Gasteiger partial charge on any atom is 0.602 e. The van der Waals surface area contributed by atoms with E-state index in [1.165, 1.54) is 0 Å². The van der Waals surface area contributed by atoms with E-state index < -0.39 is 7.12 Å². The number of hydrogen-bond donors (Lipinski definition) is 0. The van der Waals surface area contributed by atoms with E-state index in [4.69, 9.17) is 18.6 Å². The third-order valence-electron chi connectivity index (χ3n) is 4.70. The molecule has 6 heteroatoms. The summed E-state index contributed by atoms with van der Waals surface area (Å²) < 4.78 is 24.1. The summed E-state index contributed by atoms with van der Waals surface area (Å²) in [6.45, 7) is 0. The Morgan fingerprint density at radius 3 is 1.58 bits per heavy atom. The van der Waals surface area contributed by atoms with Crippen molar-refractivity contribution in [2.24, 2.45) is 0 Å². The quantitative estimate of drug-likeness (QED) is 0.665. The molecule has 2 aliphatic rings. The topological polar surface area (TPSA) is 36.9 Å². The predicted molar refractivity (Wildman–Crippen MR) is 101 cm³/mol. The smallest absolute Gasteiger partial charge is 0.523 e. The molecule has 0 fully saturated rings. The van der Waals surface area contributed by atoms with Crippen LogP contribution < -0.4 is 18.6 Å². The van der Waals surface area contributed by atoms with Crippen LogP contribution in [0.15, 0.2) is 78.9 Å². The van der Waals surface area contributed by atoms with Gasteiger partial charge in [-0.05, 0) is 29.8 Å². The molecule has 0 bridgehead atoms. The second kappa shape index (κ2) is 6.37. The van der Waals surface area contributed by atoms with Gasteiger partial charge in [0.25, 0.3) is 0 Å². The Balaban J connectivity index is 1.40. The van der Waals surface area contributed by atoms with Crippen LogP contribution in [-0.2, 0) is 0 Å². The molecule has 0 N–H and O–H groups in total. The fourth-order valence-electron chi connectivity index (χ4n) is 3.44. The van der Waals surface area contributed by atoms with Gasteiger partial charge in [0, 0.05) is 12.1 Å². The van der Waals surface area contributed by atoms with Crippen molar-refractivity contribution < 1.29 is 18.6 Å². The SMILES string of the molecule is c1ccc([C@@H](CB2Oc3ccccc3O2)B2Oc3ccccc3O2)cc1. The van der Waals surface area contributed by atoms with Gasteiger partial charge in [-0.1, -0.05) is 54.6 Å². The van der Waals surface area contributed by atoms with Crippen LogP contribution in [0.4, 0.5) is 0 Å². The van der Waals surface area contributed by atoms with Gasteiger partial charge in [0.15, 0.2) is 0 Å². The molecule has 3 aromatic carbocycles. The first-order valence-electron chi connectivity index (χ1n) is 8.76. The molecule has 4 nitrogen and oxygen atoms in total. The summed E-state index contributed by atoms with van der Waals surface area (Å²) in [4.78, 5) is 0. The second-order valence-corrected chi connectivity index (χ2v) is 6.42. The monoisotopic (exact) mass is 342 g/mol. The summed E-state index contributed by atoms with van der Waals surface area (Å²) in [6.07, 6.45) is 0.622. The third-order valence-corrected chi connectivity index (χ3v) is 4.70. The molecule has 26 heavy (non-hydrogen) atoms. The lowest BCUT2D eigenvalue weighted by Crippen LogP contribution is -2.38. The van der Waals surface area contributed by atoms with Gasteiger partial charge in [-0.2, -0.15) is 0 Å². The highest BCUT2D eigenvalue weighted by atomic mass is 16.6. The van der Waals surface area contributed by atoms with E-state index in [-0.39, 0.29) is 12.9 Å². The number of para-hydroxylation sites is 4. The first-order chi connectivity index (χ1) is 12.9. The van der Waals surface area contributed by atoms with Crippen molar-refractivity contribution in [2.75, 3.05) is 0 Å². The number of rotatable bonds is 4. The molecule has 0 aliphatic carbocycles. The summed E-state index contributed by atoms with van der Waals surface area (Å²) in [7, 11) is -0.778. The fraction of sp³-hybridized carbons (Fsp3) is 0.100. The molecule has 2 aliphatic heterocycles. The zero-order chi connectivity index (χ0) is 17.3. The van der Waals surface area contributed by atoms with Crippen molar-refractivity contribution in [1.82, 2.24) is 0 Å². The molecule has 1 atom stereocenters. The van der Waals surface area contributed by atoms with Gasteiger partial charge in [0.05, 0.1) is 0 Å². The summed E-state index contributed by atoms with van der Waals surface area (Å²) in [5, 5.41) is 0. The standard InChI is InChI=1S/C20H16B2O4/c1-2-8-15(9-3-1)16(22-25-19-12-6-7-13-20(19)26-22)14-21-23-17-10-4-5-11-18(17)24-21/h1-13,16H,14H2/t16-/m1/s1. The summed E-state index contributed by atoms with van der Waals surface area (Å²) in [6, 6.07) is 25.7. The molecule has 0 unspecified atom stereocenters. The average Bonchev–Trinajstić information content (AvgIpc) is 3.30. The third kappa shape index (κ3) is 2.77. The van der Waals surface area contributed by atoms with Crippen LogP contribution in [-0.4, -0.2) is 14.2 Å². The molecule has 5 rings (SSSR count). The fourth-order valence-corrected chi connectivity index (χ4v) is 3.44. The molecular weight excluding hydrogens is 326 g/mol. The van der Waals surface area contributed by atoms with E-state index in [1.807, 2.05) is 66.7 Å². The van der Waals surface area contributed by atoms with Crippen molar-refractivity contribution in [3.05, 3.63) is 84.4 Å². The Bertz CT molecular complexity index is 868. The van der Waals surface area contributed by atoms with Crippen LogP contribution >= 0.6 is 0 Å². The highest BCUT2D eigenvalue weighted by molar-refractivity contribution is 6.55. The van der Waals surface area contributed by atoms with E-state index in [1.54, 1.807) is 0 Å². The Labute approximate surface area is 153 Å². The van der Waals surface area contributed by atoms with Gasteiger partial charge in [-0.3, -0.25) is 0 Å². The van der Waals surface area contributed by atoms with Gasteiger partial charge >= 0.3 is 14.2 Å². The van der Waals surface area contributed by atoms with Gasteiger partial charge in [0.1, 0.15) is 23.0 Å². The van der Waals surface area contributed by atoms with Gasteiger partial charge < -0.3 is 18.6 Å². The highest BCUT2D eigenvalue weighted by Gasteiger charge is 2.46. The number of hydrogen-bond acceptors (Lipinski definition) is 4. The van der Waals surface area contributed by atoms with Crippen molar-refractivity contribution in [1.29, 1.82) is 0 Å². The first-order valence-corrected chi connectivity index (χ1v) is 8.76. The molecule has 0 saturated heterocycles. The van der Waals surface area contributed by atoms with Gasteiger partial charge in [0.2, 0.25) is 0 Å². The largest absolute Gasteiger partial charge is 0.602 e. The molecule has 0 amide bonds. The molecule has 0 aromatic heterocycles. The van der Waals surface area contributed by atoms with Crippen molar-refractivity contribution in [3.8, 4) is 23.0 Å². The van der Waals surface area contributed by atoms with E-state index >= 15 is 0 Å². The van der Waals surface area contributed by atoms with Crippen LogP contribution in [0.5, 0.6) is 23.0 Å². The Kier molecular flexibility index (Phi) is 3.74. The van der Waals surface area contributed by atoms with Gasteiger partial charge in [-0.25, -0.2) is 0 Å². The van der Waals surface area contributed by atoms with Crippen molar-refractivity contribution in [2.45, 2.75) is 12.1 Å². The predicted octanol–water partition coefficient (Wildman–Crippen LogP) is 4.23. The van der Waals surface area contributed by atoms with E-state index in [2.05, 4.69) is 12.1 Å². The zero-order valence-electron chi connectivity index (χ0n) is 14.1. The molecule has 126 valence electrons. The van der Waals surface area contributed by atoms with Crippen LogP contribution in [0.2, 0.25) is 6.32 Å². The second-order valence-electron chi connectivity index (χ2n) is 6.42.